The SMILES string of the molecule is OCC1C2C=CC(C2)C1CO.OCCC1C2C=CC(C2)C1CCO. The summed E-state index contributed by atoms with van der Waals surface area (Å²) >= 11 is 0. The van der Waals surface area contributed by atoms with Crippen molar-refractivity contribution in [3.63, 3.8) is 0 Å². The Kier molecular flexibility index (Phi) is 6.14. The van der Waals surface area contributed by atoms with Gasteiger partial charge in [-0.1, -0.05) is 24.3 Å². The van der Waals surface area contributed by atoms with Gasteiger partial charge in [-0.3, -0.25) is 0 Å². The molecule has 4 heteroatoms. The maximum Gasteiger partial charge on any atom is 0.0468 e. The zero-order chi connectivity index (χ0) is 17.1. The summed E-state index contributed by atoms with van der Waals surface area (Å²) < 4.78 is 0. The Morgan fingerprint density at radius 2 is 0.875 bits per heavy atom. The Hall–Kier alpha value is -0.680. The Morgan fingerprint density at radius 3 is 1.17 bits per heavy atom. The fourth-order valence-corrected chi connectivity index (χ4v) is 5.75. The van der Waals surface area contributed by atoms with E-state index in [9.17, 15) is 0 Å². The molecule has 0 aliphatic heterocycles. The molecule has 4 rings (SSSR count). The maximum absolute atomic E-state index is 9.04. The second kappa shape index (κ2) is 8.13. The first-order valence-electron chi connectivity index (χ1n) is 9.53. The van der Waals surface area contributed by atoms with E-state index < -0.39 is 0 Å². The lowest BCUT2D eigenvalue weighted by Gasteiger charge is -2.26. The van der Waals surface area contributed by atoms with Crippen LogP contribution in [0.1, 0.15) is 25.7 Å². The normalized spacial score (nSPS) is 44.2. The minimum absolute atomic E-state index is 0.233. The molecule has 0 spiro atoms. The molecule has 4 N–H and O–H groups in total. The zero-order valence-electron chi connectivity index (χ0n) is 14.4. The third-order valence-corrected chi connectivity index (χ3v) is 6.95. The van der Waals surface area contributed by atoms with Crippen LogP contribution >= 0.6 is 0 Å². The molecule has 2 saturated carbocycles. The number of hydrogen-bond donors (Lipinski definition) is 4. The highest BCUT2D eigenvalue weighted by molar-refractivity contribution is 5.14. The highest BCUT2D eigenvalue weighted by Crippen LogP contribution is 2.50. The van der Waals surface area contributed by atoms with Crippen LogP contribution in [0.2, 0.25) is 0 Å². The summed E-state index contributed by atoms with van der Waals surface area (Å²) in [5.41, 5.74) is 0. The predicted octanol–water partition coefficient (Wildman–Crippen LogP) is 1.60. The van der Waals surface area contributed by atoms with E-state index in [1.165, 1.54) is 6.42 Å². The molecule has 0 heterocycles. The van der Waals surface area contributed by atoms with Crippen LogP contribution in [-0.4, -0.2) is 46.9 Å². The molecule has 0 radical (unpaired) electrons. The first-order chi connectivity index (χ1) is 11.7. The number of rotatable bonds is 6. The Morgan fingerprint density at radius 1 is 0.542 bits per heavy atom. The molecule has 4 nitrogen and oxygen atoms in total. The van der Waals surface area contributed by atoms with E-state index in [0.717, 1.165) is 19.3 Å². The fraction of sp³-hybridized carbons (Fsp3) is 0.800. The van der Waals surface area contributed by atoms with E-state index >= 15 is 0 Å². The predicted molar refractivity (Wildman–Crippen MR) is 93.0 cm³/mol. The summed E-state index contributed by atoms with van der Waals surface area (Å²) in [4.78, 5) is 0. The molecule has 4 aliphatic rings. The van der Waals surface area contributed by atoms with Crippen molar-refractivity contribution in [3.05, 3.63) is 24.3 Å². The quantitative estimate of drug-likeness (QED) is 0.556. The van der Waals surface area contributed by atoms with Gasteiger partial charge in [0.2, 0.25) is 0 Å². The van der Waals surface area contributed by atoms with E-state index in [1.54, 1.807) is 0 Å². The van der Waals surface area contributed by atoms with Gasteiger partial charge in [0.25, 0.3) is 0 Å². The summed E-state index contributed by atoms with van der Waals surface area (Å²) in [7, 11) is 0. The van der Waals surface area contributed by atoms with Gasteiger partial charge in [-0.25, -0.2) is 0 Å². The summed E-state index contributed by atoms with van der Waals surface area (Å²) in [5, 5.41) is 36.0. The van der Waals surface area contributed by atoms with Crippen LogP contribution in [0, 0.1) is 47.3 Å². The van der Waals surface area contributed by atoms with Gasteiger partial charge in [0.1, 0.15) is 0 Å². The van der Waals surface area contributed by atoms with Gasteiger partial charge in [-0.05, 0) is 73.0 Å². The molecular formula is C20H32O4. The Balaban J connectivity index is 0.000000143. The molecule has 8 atom stereocenters. The molecule has 8 unspecified atom stereocenters. The number of aliphatic hydroxyl groups is 4. The molecule has 24 heavy (non-hydrogen) atoms. The van der Waals surface area contributed by atoms with Crippen LogP contribution in [-0.2, 0) is 0 Å². The van der Waals surface area contributed by atoms with Crippen molar-refractivity contribution in [3.8, 4) is 0 Å². The van der Waals surface area contributed by atoms with Gasteiger partial charge in [-0.2, -0.15) is 0 Å². The summed E-state index contributed by atoms with van der Waals surface area (Å²) in [6.45, 7) is 1.06. The molecule has 0 aromatic heterocycles. The van der Waals surface area contributed by atoms with Crippen LogP contribution < -0.4 is 0 Å². The van der Waals surface area contributed by atoms with Crippen molar-refractivity contribution in [1.82, 2.24) is 0 Å². The number of hydrogen-bond acceptors (Lipinski definition) is 4. The van der Waals surface area contributed by atoms with E-state index in [2.05, 4.69) is 24.3 Å². The van der Waals surface area contributed by atoms with Crippen LogP contribution in [0.4, 0.5) is 0 Å². The van der Waals surface area contributed by atoms with Gasteiger partial charge in [0.05, 0.1) is 0 Å². The maximum atomic E-state index is 9.04. The van der Waals surface area contributed by atoms with Crippen molar-refractivity contribution in [2.75, 3.05) is 26.4 Å². The van der Waals surface area contributed by atoms with Crippen molar-refractivity contribution in [1.29, 1.82) is 0 Å². The summed E-state index contributed by atoms with van der Waals surface area (Å²) in [5.74, 6) is 4.39. The lowest BCUT2D eigenvalue weighted by atomic mass is 9.79. The molecule has 4 aliphatic carbocycles. The van der Waals surface area contributed by atoms with Gasteiger partial charge in [0, 0.05) is 26.4 Å². The molecular weight excluding hydrogens is 304 g/mol. The van der Waals surface area contributed by atoms with Gasteiger partial charge < -0.3 is 20.4 Å². The lowest BCUT2D eigenvalue weighted by Crippen LogP contribution is -2.25. The second-order valence-electron chi connectivity index (χ2n) is 7.94. The number of fused-ring (bicyclic) bond motifs is 4. The molecule has 0 aromatic carbocycles. The van der Waals surface area contributed by atoms with Crippen LogP contribution in [0.3, 0.4) is 0 Å². The van der Waals surface area contributed by atoms with Crippen LogP contribution in [0.5, 0.6) is 0 Å². The van der Waals surface area contributed by atoms with Crippen molar-refractivity contribution in [2.24, 2.45) is 47.3 Å². The summed E-state index contributed by atoms with van der Waals surface area (Å²) in [6.07, 6.45) is 13.2. The van der Waals surface area contributed by atoms with E-state index in [1.807, 2.05) is 0 Å². The van der Waals surface area contributed by atoms with Crippen LogP contribution in [0.25, 0.3) is 0 Å². The number of aliphatic hydroxyl groups excluding tert-OH is 4. The van der Waals surface area contributed by atoms with Crippen molar-refractivity contribution in [2.45, 2.75) is 25.7 Å². The van der Waals surface area contributed by atoms with Crippen molar-refractivity contribution >= 4 is 0 Å². The van der Waals surface area contributed by atoms with Crippen molar-refractivity contribution < 1.29 is 20.4 Å². The van der Waals surface area contributed by atoms with Crippen LogP contribution in [0.15, 0.2) is 24.3 Å². The van der Waals surface area contributed by atoms with E-state index in [0.29, 0.717) is 60.6 Å². The van der Waals surface area contributed by atoms with Gasteiger partial charge in [-0.15, -0.1) is 0 Å². The molecule has 0 amide bonds. The topological polar surface area (TPSA) is 80.9 Å². The first-order valence-corrected chi connectivity index (χ1v) is 9.53. The molecule has 4 bridgehead atoms. The largest absolute Gasteiger partial charge is 0.396 e. The monoisotopic (exact) mass is 336 g/mol. The van der Waals surface area contributed by atoms with Gasteiger partial charge in [0.15, 0.2) is 0 Å². The fourth-order valence-electron chi connectivity index (χ4n) is 5.75. The smallest absolute Gasteiger partial charge is 0.0468 e. The molecule has 2 fully saturated rings. The number of allylic oxidation sites excluding steroid dienone is 4. The molecule has 136 valence electrons. The first kappa shape index (κ1) is 18.1. The average Bonchev–Trinajstić information content (AvgIpc) is 3.36. The lowest BCUT2D eigenvalue weighted by molar-refractivity contribution is 0.112. The third kappa shape index (κ3) is 3.34. The third-order valence-electron chi connectivity index (χ3n) is 6.95. The molecule has 0 saturated heterocycles. The average molecular weight is 336 g/mol. The highest BCUT2D eigenvalue weighted by atomic mass is 16.3. The Bertz CT molecular complexity index is 423. The second-order valence-corrected chi connectivity index (χ2v) is 7.94. The van der Waals surface area contributed by atoms with E-state index in [4.69, 9.17) is 20.4 Å². The highest BCUT2D eigenvalue weighted by Gasteiger charge is 2.44. The molecule has 0 aromatic rings. The van der Waals surface area contributed by atoms with E-state index in [-0.39, 0.29) is 13.2 Å². The minimum Gasteiger partial charge on any atom is -0.396 e. The van der Waals surface area contributed by atoms with Gasteiger partial charge >= 0.3 is 0 Å². The Labute approximate surface area is 144 Å². The minimum atomic E-state index is 0.233. The summed E-state index contributed by atoms with van der Waals surface area (Å²) in [6, 6.07) is 0. The zero-order valence-corrected chi connectivity index (χ0v) is 14.4. The standard InChI is InChI=1S/C11H18O2.C9H14O2/c12-5-3-10-8-1-2-9(7-8)11(10)4-6-13;10-4-8-6-1-2-7(3-6)9(8)5-11/h1-2,8-13H,3-7H2;1-2,6-11H,3-5H2.